The molecule has 15 heavy (non-hydrogen) atoms. The molecule has 1 fully saturated rings. The molecule has 1 unspecified atom stereocenters. The van der Waals surface area contributed by atoms with Gasteiger partial charge in [0.2, 0.25) is 0 Å². The molecule has 1 aliphatic rings. The average molecular weight is 210 g/mol. The highest BCUT2D eigenvalue weighted by Crippen LogP contribution is 2.30. The second kappa shape index (κ2) is 3.81. The van der Waals surface area contributed by atoms with Crippen LogP contribution in [0.15, 0.2) is 11.1 Å². The molecule has 0 spiro atoms. The van der Waals surface area contributed by atoms with E-state index < -0.39 is 0 Å². The van der Waals surface area contributed by atoms with E-state index in [2.05, 4.69) is 29.4 Å². The SMILES string of the molecule is CC1(C)CCCNC1Cn1cn[nH]c1=O. The fraction of sp³-hybridized carbons (Fsp3) is 0.800. The third-order valence-electron chi connectivity index (χ3n) is 3.33. The highest BCUT2D eigenvalue weighted by atomic mass is 16.1. The lowest BCUT2D eigenvalue weighted by Crippen LogP contribution is -2.49. The number of hydrogen-bond acceptors (Lipinski definition) is 3. The average Bonchev–Trinajstić information content (AvgIpc) is 2.56. The molecular weight excluding hydrogens is 192 g/mol. The molecule has 1 aliphatic heterocycles. The zero-order valence-electron chi connectivity index (χ0n) is 9.29. The second-order valence-electron chi connectivity index (χ2n) is 4.91. The molecule has 0 amide bonds. The fourth-order valence-electron chi connectivity index (χ4n) is 2.18. The van der Waals surface area contributed by atoms with Crippen LogP contribution in [0.25, 0.3) is 0 Å². The maximum Gasteiger partial charge on any atom is 0.343 e. The predicted molar refractivity (Wildman–Crippen MR) is 57.7 cm³/mol. The van der Waals surface area contributed by atoms with Crippen LogP contribution in [0, 0.1) is 5.41 Å². The number of aromatic amines is 1. The van der Waals surface area contributed by atoms with Crippen molar-refractivity contribution in [3.8, 4) is 0 Å². The highest BCUT2D eigenvalue weighted by molar-refractivity contribution is 4.88. The molecule has 1 atom stereocenters. The number of H-pyrrole nitrogens is 1. The lowest BCUT2D eigenvalue weighted by molar-refractivity contribution is 0.162. The Balaban J connectivity index is 2.11. The molecule has 1 saturated heterocycles. The summed E-state index contributed by atoms with van der Waals surface area (Å²) in [5.74, 6) is 0. The van der Waals surface area contributed by atoms with Gasteiger partial charge in [0.05, 0.1) is 0 Å². The maximum atomic E-state index is 11.3. The Morgan fingerprint density at radius 1 is 1.67 bits per heavy atom. The van der Waals surface area contributed by atoms with Crippen molar-refractivity contribution >= 4 is 0 Å². The molecule has 0 radical (unpaired) electrons. The number of nitrogens with zero attached hydrogens (tertiary/aromatic N) is 2. The van der Waals surface area contributed by atoms with Crippen LogP contribution in [-0.2, 0) is 6.54 Å². The lowest BCUT2D eigenvalue weighted by Gasteiger charge is -2.39. The second-order valence-corrected chi connectivity index (χ2v) is 4.91. The van der Waals surface area contributed by atoms with Crippen molar-refractivity contribution in [2.45, 2.75) is 39.3 Å². The van der Waals surface area contributed by atoms with Crippen molar-refractivity contribution in [2.75, 3.05) is 6.54 Å². The standard InChI is InChI=1S/C10H18N4O/c1-10(2)4-3-5-11-8(10)6-14-7-12-13-9(14)15/h7-8,11H,3-6H2,1-2H3,(H,13,15). The van der Waals surface area contributed by atoms with E-state index in [1.807, 2.05) is 0 Å². The monoisotopic (exact) mass is 210 g/mol. The van der Waals surface area contributed by atoms with Gasteiger partial charge in [-0.05, 0) is 24.8 Å². The van der Waals surface area contributed by atoms with Gasteiger partial charge in [0.1, 0.15) is 6.33 Å². The van der Waals surface area contributed by atoms with Crippen molar-refractivity contribution in [3.05, 3.63) is 16.8 Å². The molecule has 0 aliphatic carbocycles. The van der Waals surface area contributed by atoms with Crippen LogP contribution >= 0.6 is 0 Å². The van der Waals surface area contributed by atoms with Gasteiger partial charge in [-0.2, -0.15) is 5.10 Å². The molecule has 84 valence electrons. The smallest absolute Gasteiger partial charge is 0.312 e. The summed E-state index contributed by atoms with van der Waals surface area (Å²) < 4.78 is 1.63. The minimum atomic E-state index is -0.127. The highest BCUT2D eigenvalue weighted by Gasteiger charge is 2.32. The number of piperidine rings is 1. The summed E-state index contributed by atoms with van der Waals surface area (Å²) in [6.07, 6.45) is 3.98. The Bertz CT molecular complexity index is 379. The fourth-order valence-corrected chi connectivity index (χ4v) is 2.18. The summed E-state index contributed by atoms with van der Waals surface area (Å²) in [4.78, 5) is 11.3. The topological polar surface area (TPSA) is 62.7 Å². The van der Waals surface area contributed by atoms with E-state index in [0.717, 1.165) is 6.54 Å². The van der Waals surface area contributed by atoms with E-state index in [9.17, 15) is 4.79 Å². The Morgan fingerprint density at radius 2 is 2.47 bits per heavy atom. The van der Waals surface area contributed by atoms with E-state index in [0.29, 0.717) is 12.6 Å². The lowest BCUT2D eigenvalue weighted by atomic mass is 9.77. The Morgan fingerprint density at radius 3 is 3.07 bits per heavy atom. The van der Waals surface area contributed by atoms with Gasteiger partial charge in [0.15, 0.2) is 0 Å². The number of aromatic nitrogens is 3. The summed E-state index contributed by atoms with van der Waals surface area (Å²) in [6.45, 7) is 6.23. The first-order valence-corrected chi connectivity index (χ1v) is 5.43. The summed E-state index contributed by atoms with van der Waals surface area (Å²) in [5, 5.41) is 9.62. The predicted octanol–water partition coefficient (Wildman–Crippen LogP) is 0.350. The summed E-state index contributed by atoms with van der Waals surface area (Å²) in [5.41, 5.74) is 0.118. The minimum absolute atomic E-state index is 0.127. The van der Waals surface area contributed by atoms with Gasteiger partial charge >= 0.3 is 5.69 Å². The van der Waals surface area contributed by atoms with Crippen molar-refractivity contribution in [1.82, 2.24) is 20.1 Å². The first kappa shape index (κ1) is 10.4. The molecule has 1 aromatic rings. The first-order valence-electron chi connectivity index (χ1n) is 5.43. The largest absolute Gasteiger partial charge is 0.343 e. The normalized spacial score (nSPS) is 25.3. The van der Waals surface area contributed by atoms with Crippen LogP contribution < -0.4 is 11.0 Å². The minimum Gasteiger partial charge on any atom is -0.312 e. The van der Waals surface area contributed by atoms with Gasteiger partial charge in [-0.25, -0.2) is 9.89 Å². The quantitative estimate of drug-likeness (QED) is 0.740. The van der Waals surface area contributed by atoms with Crippen LogP contribution in [0.3, 0.4) is 0 Å². The Labute approximate surface area is 88.9 Å². The van der Waals surface area contributed by atoms with Gasteiger partial charge in [-0.3, -0.25) is 4.57 Å². The number of rotatable bonds is 2. The van der Waals surface area contributed by atoms with E-state index in [4.69, 9.17) is 0 Å². The molecule has 0 aromatic carbocycles. The van der Waals surface area contributed by atoms with Crippen molar-refractivity contribution in [1.29, 1.82) is 0 Å². The van der Waals surface area contributed by atoms with Crippen LogP contribution in [0.1, 0.15) is 26.7 Å². The van der Waals surface area contributed by atoms with Gasteiger partial charge in [0.25, 0.3) is 0 Å². The molecule has 0 bridgehead atoms. The molecule has 2 N–H and O–H groups in total. The summed E-state index contributed by atoms with van der Waals surface area (Å²) in [7, 11) is 0. The van der Waals surface area contributed by atoms with Gasteiger partial charge in [-0.15, -0.1) is 0 Å². The zero-order chi connectivity index (χ0) is 10.9. The third-order valence-corrected chi connectivity index (χ3v) is 3.33. The van der Waals surface area contributed by atoms with Crippen molar-refractivity contribution in [3.63, 3.8) is 0 Å². The molecule has 0 saturated carbocycles. The van der Waals surface area contributed by atoms with E-state index in [1.165, 1.54) is 12.8 Å². The Kier molecular flexibility index (Phi) is 2.65. The number of nitrogens with one attached hydrogen (secondary N) is 2. The van der Waals surface area contributed by atoms with Crippen LogP contribution in [0.2, 0.25) is 0 Å². The maximum absolute atomic E-state index is 11.3. The first-order chi connectivity index (χ1) is 7.09. The van der Waals surface area contributed by atoms with E-state index in [1.54, 1.807) is 10.9 Å². The third kappa shape index (κ3) is 2.12. The van der Waals surface area contributed by atoms with Crippen LogP contribution in [0.4, 0.5) is 0 Å². The van der Waals surface area contributed by atoms with Gasteiger partial charge in [-0.1, -0.05) is 13.8 Å². The van der Waals surface area contributed by atoms with E-state index in [-0.39, 0.29) is 11.1 Å². The van der Waals surface area contributed by atoms with Crippen LogP contribution in [0.5, 0.6) is 0 Å². The molecule has 1 aromatic heterocycles. The Hall–Kier alpha value is -1.10. The molecule has 5 nitrogen and oxygen atoms in total. The van der Waals surface area contributed by atoms with Crippen molar-refractivity contribution in [2.24, 2.45) is 5.41 Å². The zero-order valence-corrected chi connectivity index (χ0v) is 9.29. The summed E-state index contributed by atoms with van der Waals surface area (Å²) in [6, 6.07) is 0.349. The van der Waals surface area contributed by atoms with Crippen LogP contribution in [-0.4, -0.2) is 27.4 Å². The molecular formula is C10H18N4O. The van der Waals surface area contributed by atoms with Crippen molar-refractivity contribution < 1.29 is 0 Å². The molecule has 2 rings (SSSR count). The summed E-state index contributed by atoms with van der Waals surface area (Å²) >= 11 is 0. The van der Waals surface area contributed by atoms with E-state index >= 15 is 0 Å². The number of hydrogen-bond donors (Lipinski definition) is 2. The molecule has 5 heteroatoms. The molecule has 2 heterocycles. The van der Waals surface area contributed by atoms with Gasteiger partial charge < -0.3 is 5.32 Å². The van der Waals surface area contributed by atoms with Gasteiger partial charge in [0, 0.05) is 12.6 Å².